The smallest absolute Gasteiger partial charge is 0.0935 e. The summed E-state index contributed by atoms with van der Waals surface area (Å²) >= 11 is 0. The lowest BCUT2D eigenvalue weighted by Gasteiger charge is -2.35. The van der Waals surface area contributed by atoms with Crippen molar-refractivity contribution in [2.24, 2.45) is 9.98 Å². The summed E-state index contributed by atoms with van der Waals surface area (Å²) in [6.45, 7) is 14.9. The lowest BCUT2D eigenvalue weighted by molar-refractivity contribution is 0.317. The van der Waals surface area contributed by atoms with Crippen molar-refractivity contribution >= 4 is 12.4 Å². The molecule has 4 nitrogen and oxygen atoms in total. The highest BCUT2D eigenvalue weighted by Crippen LogP contribution is 2.29. The average Bonchev–Trinajstić information content (AvgIpc) is 2.32. The summed E-state index contributed by atoms with van der Waals surface area (Å²) in [5.41, 5.74) is 0.591. The van der Waals surface area contributed by atoms with Crippen molar-refractivity contribution in [2.45, 2.75) is 66.5 Å². The number of rotatable bonds is 5. The van der Waals surface area contributed by atoms with E-state index in [1.54, 1.807) is 26.3 Å². The van der Waals surface area contributed by atoms with Gasteiger partial charge in [0, 0.05) is 23.6 Å². The molecule has 0 saturated heterocycles. The van der Waals surface area contributed by atoms with E-state index < -0.39 is 11.1 Å². The molecular formula is C16H28N2O2. The van der Waals surface area contributed by atoms with Gasteiger partial charge in [0.05, 0.1) is 22.6 Å². The Balaban J connectivity index is 5.28. The van der Waals surface area contributed by atoms with Crippen LogP contribution in [0.4, 0.5) is 0 Å². The number of aliphatic hydroxyl groups excluding tert-OH is 2. The highest BCUT2D eigenvalue weighted by molar-refractivity contribution is 5.79. The van der Waals surface area contributed by atoms with Gasteiger partial charge in [-0.05, 0) is 55.4 Å². The summed E-state index contributed by atoms with van der Waals surface area (Å²) in [6, 6.07) is 0. The summed E-state index contributed by atoms with van der Waals surface area (Å²) in [5.74, 6) is 0.529. The van der Waals surface area contributed by atoms with Crippen LogP contribution in [-0.2, 0) is 0 Å². The lowest BCUT2D eigenvalue weighted by atomic mass is 9.83. The number of hydrogen-bond acceptors (Lipinski definition) is 4. The molecule has 0 bridgehead atoms. The molecule has 0 aliphatic rings. The van der Waals surface area contributed by atoms with E-state index in [1.807, 2.05) is 41.5 Å². The molecule has 0 aromatic carbocycles. The van der Waals surface area contributed by atoms with E-state index in [-0.39, 0.29) is 11.5 Å². The molecule has 0 unspecified atom stereocenters. The summed E-state index contributed by atoms with van der Waals surface area (Å²) in [5, 5.41) is 18.8. The molecule has 0 heterocycles. The van der Waals surface area contributed by atoms with E-state index in [0.29, 0.717) is 0 Å². The van der Waals surface area contributed by atoms with Crippen molar-refractivity contribution in [3.63, 3.8) is 0 Å². The minimum atomic E-state index is -0.441. The predicted molar refractivity (Wildman–Crippen MR) is 87.1 cm³/mol. The summed E-state index contributed by atoms with van der Waals surface area (Å²) in [7, 11) is 0. The Morgan fingerprint density at radius 3 is 1.15 bits per heavy atom. The maximum atomic E-state index is 9.38. The van der Waals surface area contributed by atoms with Crippen LogP contribution in [-0.4, -0.2) is 33.7 Å². The van der Waals surface area contributed by atoms with Crippen LogP contribution >= 0.6 is 0 Å². The number of aliphatic hydroxyl groups is 2. The van der Waals surface area contributed by atoms with Crippen molar-refractivity contribution in [3.05, 3.63) is 22.7 Å². The Hall–Kier alpha value is -1.58. The molecule has 4 heteroatoms. The molecule has 0 fully saturated rings. The van der Waals surface area contributed by atoms with Gasteiger partial charge < -0.3 is 10.2 Å². The maximum Gasteiger partial charge on any atom is 0.0935 e. The molecule has 0 aromatic heterocycles. The molecular weight excluding hydrogens is 252 g/mol. The Kier molecular flexibility index (Phi) is 6.20. The quantitative estimate of drug-likeness (QED) is 0.579. The average molecular weight is 280 g/mol. The second-order valence-corrected chi connectivity index (χ2v) is 6.17. The normalized spacial score (nSPS) is 16.6. The molecule has 0 amide bonds. The van der Waals surface area contributed by atoms with E-state index >= 15 is 0 Å². The predicted octanol–water partition coefficient (Wildman–Crippen LogP) is 4.39. The SMILES string of the molecule is C/C(O)=C(C)/C=N/C(C)(C)C(C)(C)/N=C/C(C)=C(/C)O. The van der Waals surface area contributed by atoms with Crippen LogP contribution < -0.4 is 0 Å². The van der Waals surface area contributed by atoms with E-state index in [0.717, 1.165) is 11.1 Å². The van der Waals surface area contributed by atoms with Crippen LogP contribution in [0.5, 0.6) is 0 Å². The third kappa shape index (κ3) is 5.19. The minimum absolute atomic E-state index is 0.264. The topological polar surface area (TPSA) is 65.2 Å². The zero-order valence-electron chi connectivity index (χ0n) is 13.9. The number of aliphatic imine (C=N–C) groups is 2. The number of allylic oxidation sites excluding steroid dienone is 4. The van der Waals surface area contributed by atoms with Crippen LogP contribution in [0.3, 0.4) is 0 Å². The van der Waals surface area contributed by atoms with Gasteiger partial charge in [-0.2, -0.15) is 0 Å². The summed E-state index contributed by atoms with van der Waals surface area (Å²) in [6.07, 6.45) is 3.35. The molecule has 0 rings (SSSR count). The van der Waals surface area contributed by atoms with Crippen molar-refractivity contribution in [1.29, 1.82) is 0 Å². The van der Waals surface area contributed by atoms with Crippen LogP contribution in [0.25, 0.3) is 0 Å². The summed E-state index contributed by atoms with van der Waals surface area (Å²) < 4.78 is 0. The molecule has 0 radical (unpaired) electrons. The van der Waals surface area contributed by atoms with E-state index in [1.165, 1.54) is 0 Å². The first-order chi connectivity index (χ1) is 8.90. The molecule has 0 saturated carbocycles. The molecule has 2 N–H and O–H groups in total. The Morgan fingerprint density at radius 2 is 0.950 bits per heavy atom. The second-order valence-electron chi connectivity index (χ2n) is 6.17. The molecule has 0 aliphatic carbocycles. The molecule has 114 valence electrons. The first-order valence-electron chi connectivity index (χ1n) is 6.74. The van der Waals surface area contributed by atoms with Gasteiger partial charge in [-0.25, -0.2) is 0 Å². The lowest BCUT2D eigenvalue weighted by Crippen LogP contribution is -2.42. The van der Waals surface area contributed by atoms with Crippen molar-refractivity contribution in [2.75, 3.05) is 0 Å². The zero-order valence-corrected chi connectivity index (χ0v) is 13.9. The van der Waals surface area contributed by atoms with Gasteiger partial charge in [0.1, 0.15) is 0 Å². The van der Waals surface area contributed by atoms with Gasteiger partial charge in [-0.15, -0.1) is 0 Å². The fourth-order valence-corrected chi connectivity index (χ4v) is 1.02. The largest absolute Gasteiger partial charge is 0.512 e. The maximum absolute atomic E-state index is 9.38. The first-order valence-corrected chi connectivity index (χ1v) is 6.74. The van der Waals surface area contributed by atoms with Crippen LogP contribution in [0.2, 0.25) is 0 Å². The third-order valence-electron chi connectivity index (χ3n) is 3.80. The minimum Gasteiger partial charge on any atom is -0.512 e. The molecule has 0 aromatic rings. The van der Waals surface area contributed by atoms with Crippen LogP contribution in [0.15, 0.2) is 32.6 Å². The van der Waals surface area contributed by atoms with Gasteiger partial charge in [-0.1, -0.05) is 0 Å². The standard InChI is InChI=1S/C16H28N2O2/c1-11(13(3)19)9-17-15(5,6)16(7,8)18-10-12(2)14(4)20/h9-10,19-20H,1-8H3/b13-11-,14-12-,17-9+,18-10+. The Bertz CT molecular complexity index is 415. The van der Waals surface area contributed by atoms with Crippen molar-refractivity contribution in [1.82, 2.24) is 0 Å². The fraction of sp³-hybridized carbons (Fsp3) is 0.625. The van der Waals surface area contributed by atoms with Gasteiger partial charge in [-0.3, -0.25) is 9.98 Å². The Labute approximate surface area is 122 Å². The fourth-order valence-electron chi connectivity index (χ4n) is 1.02. The molecule has 0 aliphatic heterocycles. The number of nitrogens with zero attached hydrogens (tertiary/aromatic N) is 2. The highest BCUT2D eigenvalue weighted by atomic mass is 16.3. The molecule has 20 heavy (non-hydrogen) atoms. The summed E-state index contributed by atoms with van der Waals surface area (Å²) in [4.78, 5) is 9.07. The Morgan fingerprint density at radius 1 is 0.700 bits per heavy atom. The van der Waals surface area contributed by atoms with Gasteiger partial charge in [0.15, 0.2) is 0 Å². The van der Waals surface area contributed by atoms with Gasteiger partial charge in [0.25, 0.3) is 0 Å². The third-order valence-corrected chi connectivity index (χ3v) is 3.80. The van der Waals surface area contributed by atoms with Gasteiger partial charge >= 0.3 is 0 Å². The monoisotopic (exact) mass is 280 g/mol. The zero-order chi connectivity index (χ0) is 16.1. The number of hydrogen-bond donors (Lipinski definition) is 2. The van der Waals surface area contributed by atoms with E-state index in [4.69, 9.17) is 0 Å². The molecule has 0 spiro atoms. The first kappa shape index (κ1) is 18.4. The van der Waals surface area contributed by atoms with E-state index in [2.05, 4.69) is 9.98 Å². The van der Waals surface area contributed by atoms with Crippen molar-refractivity contribution < 1.29 is 10.2 Å². The van der Waals surface area contributed by atoms with Crippen LogP contribution in [0, 0.1) is 0 Å². The van der Waals surface area contributed by atoms with E-state index in [9.17, 15) is 10.2 Å². The molecule has 0 atom stereocenters. The van der Waals surface area contributed by atoms with Crippen LogP contribution in [0.1, 0.15) is 55.4 Å². The second kappa shape index (κ2) is 6.73. The van der Waals surface area contributed by atoms with Crippen molar-refractivity contribution in [3.8, 4) is 0 Å². The van der Waals surface area contributed by atoms with Gasteiger partial charge in [0.2, 0.25) is 0 Å². The highest BCUT2D eigenvalue weighted by Gasteiger charge is 2.35.